The maximum Gasteiger partial charge on any atom is 0.247 e. The predicted molar refractivity (Wildman–Crippen MR) is 65.6 cm³/mol. The summed E-state index contributed by atoms with van der Waals surface area (Å²) in [5, 5.41) is 9.43. The molecule has 0 radical (unpaired) electrons. The Bertz CT molecular complexity index is 397. The second-order valence-corrected chi connectivity index (χ2v) is 5.50. The van der Waals surface area contributed by atoms with Gasteiger partial charge in [0, 0.05) is 16.9 Å². The van der Waals surface area contributed by atoms with Crippen molar-refractivity contribution < 1.29 is 9.59 Å². The van der Waals surface area contributed by atoms with Crippen LogP contribution in [0.1, 0.15) is 27.7 Å². The van der Waals surface area contributed by atoms with Crippen molar-refractivity contribution in [2.75, 3.05) is 5.32 Å². The Morgan fingerprint density at radius 3 is 2.53 bits per heavy atom. The minimum Gasteiger partial charge on any atom is -0.344 e. The summed E-state index contributed by atoms with van der Waals surface area (Å²) in [5.74, 6) is -0.448. The molecule has 7 heteroatoms. The van der Waals surface area contributed by atoms with Crippen LogP contribution < -0.4 is 10.6 Å². The van der Waals surface area contributed by atoms with Crippen LogP contribution in [0.5, 0.6) is 0 Å². The standard InChI is InChI=1S/C10H16N4O2S/c1-6(12-9(16)10(2,3)4)8(15)13-7-5-11-14-17-7/h5-6H,1-4H3,(H,12,16)(H,13,15). The highest BCUT2D eigenvalue weighted by Gasteiger charge is 2.25. The normalized spacial score (nSPS) is 12.9. The van der Waals surface area contributed by atoms with Crippen molar-refractivity contribution in [2.45, 2.75) is 33.7 Å². The fraction of sp³-hybridized carbons (Fsp3) is 0.600. The van der Waals surface area contributed by atoms with Gasteiger partial charge in [-0.05, 0) is 6.92 Å². The van der Waals surface area contributed by atoms with E-state index in [2.05, 4.69) is 20.2 Å². The van der Waals surface area contributed by atoms with Crippen LogP contribution >= 0.6 is 11.5 Å². The van der Waals surface area contributed by atoms with Crippen LogP contribution in [0, 0.1) is 5.41 Å². The molecule has 0 aliphatic rings. The van der Waals surface area contributed by atoms with Crippen molar-refractivity contribution in [3.05, 3.63) is 6.20 Å². The molecule has 0 saturated heterocycles. The summed E-state index contributed by atoms with van der Waals surface area (Å²) in [4.78, 5) is 23.4. The third-order valence-corrected chi connectivity index (χ3v) is 2.61. The molecule has 2 amide bonds. The lowest BCUT2D eigenvalue weighted by atomic mass is 9.95. The maximum absolute atomic E-state index is 11.7. The van der Waals surface area contributed by atoms with Gasteiger partial charge in [-0.15, -0.1) is 5.10 Å². The number of amides is 2. The largest absolute Gasteiger partial charge is 0.344 e. The molecule has 1 rings (SSSR count). The number of hydrogen-bond acceptors (Lipinski definition) is 5. The van der Waals surface area contributed by atoms with E-state index in [1.165, 1.54) is 6.20 Å². The molecular weight excluding hydrogens is 240 g/mol. The second-order valence-electron chi connectivity index (χ2n) is 4.72. The van der Waals surface area contributed by atoms with Gasteiger partial charge in [0.25, 0.3) is 0 Å². The molecule has 0 aromatic carbocycles. The van der Waals surface area contributed by atoms with Crippen molar-refractivity contribution in [3.63, 3.8) is 0 Å². The number of rotatable bonds is 3. The summed E-state index contributed by atoms with van der Waals surface area (Å²) in [6.45, 7) is 7.01. The van der Waals surface area contributed by atoms with E-state index in [-0.39, 0.29) is 11.8 Å². The Morgan fingerprint density at radius 2 is 2.06 bits per heavy atom. The highest BCUT2D eigenvalue weighted by molar-refractivity contribution is 7.10. The van der Waals surface area contributed by atoms with Crippen molar-refractivity contribution >= 4 is 28.3 Å². The van der Waals surface area contributed by atoms with Crippen LogP contribution in [0.25, 0.3) is 0 Å². The van der Waals surface area contributed by atoms with Crippen molar-refractivity contribution in [1.82, 2.24) is 14.9 Å². The fourth-order valence-electron chi connectivity index (χ4n) is 0.931. The van der Waals surface area contributed by atoms with Crippen LogP contribution in [0.4, 0.5) is 5.00 Å². The molecule has 6 nitrogen and oxygen atoms in total. The first-order chi connectivity index (χ1) is 7.80. The van der Waals surface area contributed by atoms with Crippen LogP contribution in [-0.2, 0) is 9.59 Å². The van der Waals surface area contributed by atoms with Crippen LogP contribution in [0.15, 0.2) is 6.20 Å². The topological polar surface area (TPSA) is 84.0 Å². The summed E-state index contributed by atoms with van der Waals surface area (Å²) in [6.07, 6.45) is 1.46. The third-order valence-electron chi connectivity index (χ3n) is 2.03. The van der Waals surface area contributed by atoms with E-state index in [0.29, 0.717) is 5.00 Å². The van der Waals surface area contributed by atoms with Gasteiger partial charge in [0.15, 0.2) is 0 Å². The first kappa shape index (κ1) is 13.6. The fourth-order valence-corrected chi connectivity index (χ4v) is 1.35. The summed E-state index contributed by atoms with van der Waals surface area (Å²) in [7, 11) is 0. The van der Waals surface area contributed by atoms with Gasteiger partial charge in [-0.2, -0.15) is 0 Å². The number of aromatic nitrogens is 2. The Balaban J connectivity index is 2.51. The van der Waals surface area contributed by atoms with Gasteiger partial charge in [-0.25, -0.2) is 0 Å². The average Bonchev–Trinajstić information content (AvgIpc) is 2.68. The maximum atomic E-state index is 11.7. The predicted octanol–water partition coefficient (Wildman–Crippen LogP) is 1.03. The van der Waals surface area contributed by atoms with E-state index in [1.807, 2.05) is 0 Å². The Hall–Kier alpha value is -1.50. The molecule has 0 fully saturated rings. The lowest BCUT2D eigenvalue weighted by molar-refractivity contribution is -0.131. The average molecular weight is 256 g/mol. The summed E-state index contributed by atoms with van der Waals surface area (Å²) < 4.78 is 3.62. The van der Waals surface area contributed by atoms with E-state index in [9.17, 15) is 9.59 Å². The van der Waals surface area contributed by atoms with Crippen molar-refractivity contribution in [1.29, 1.82) is 0 Å². The minimum absolute atomic E-state index is 0.164. The molecule has 0 bridgehead atoms. The molecule has 1 unspecified atom stereocenters. The highest BCUT2D eigenvalue weighted by atomic mass is 32.1. The molecule has 1 heterocycles. The number of carbonyl (C=O) groups excluding carboxylic acids is 2. The van der Waals surface area contributed by atoms with E-state index < -0.39 is 11.5 Å². The minimum atomic E-state index is -0.594. The number of nitrogens with zero attached hydrogens (tertiary/aromatic N) is 2. The number of carbonyl (C=O) groups is 2. The van der Waals surface area contributed by atoms with Gasteiger partial charge >= 0.3 is 0 Å². The third kappa shape index (κ3) is 4.10. The number of anilines is 1. The van der Waals surface area contributed by atoms with E-state index in [0.717, 1.165) is 11.5 Å². The Morgan fingerprint density at radius 1 is 1.41 bits per heavy atom. The number of nitrogens with one attached hydrogen (secondary N) is 2. The molecule has 17 heavy (non-hydrogen) atoms. The van der Waals surface area contributed by atoms with Gasteiger partial charge in [0.1, 0.15) is 11.0 Å². The SMILES string of the molecule is CC(NC(=O)C(C)(C)C)C(=O)Nc1cnns1. The first-order valence-corrected chi connectivity index (χ1v) is 5.97. The summed E-state index contributed by atoms with van der Waals surface area (Å²) in [5.41, 5.74) is -0.513. The van der Waals surface area contributed by atoms with Crippen molar-refractivity contribution in [2.24, 2.45) is 5.41 Å². The molecule has 1 aromatic rings. The van der Waals surface area contributed by atoms with Gasteiger partial charge in [-0.1, -0.05) is 25.3 Å². The highest BCUT2D eigenvalue weighted by Crippen LogP contribution is 2.13. The zero-order chi connectivity index (χ0) is 13.1. The molecule has 1 aromatic heterocycles. The van der Waals surface area contributed by atoms with Crippen LogP contribution in [-0.4, -0.2) is 27.4 Å². The molecular formula is C10H16N4O2S. The quantitative estimate of drug-likeness (QED) is 0.846. The van der Waals surface area contributed by atoms with Gasteiger partial charge in [0.05, 0.1) is 6.20 Å². The summed E-state index contributed by atoms with van der Waals surface area (Å²) >= 11 is 1.09. The lowest BCUT2D eigenvalue weighted by Gasteiger charge is -2.21. The monoisotopic (exact) mass is 256 g/mol. The Labute approximate surface area is 104 Å². The number of hydrogen-bond donors (Lipinski definition) is 2. The lowest BCUT2D eigenvalue weighted by Crippen LogP contribution is -2.46. The molecule has 94 valence electrons. The summed E-state index contributed by atoms with van der Waals surface area (Å²) in [6, 6.07) is -0.594. The Kier molecular flexibility index (Phi) is 4.17. The smallest absolute Gasteiger partial charge is 0.247 e. The zero-order valence-corrected chi connectivity index (χ0v) is 11.1. The van der Waals surface area contributed by atoms with Crippen LogP contribution in [0.3, 0.4) is 0 Å². The first-order valence-electron chi connectivity index (χ1n) is 5.20. The molecule has 1 atom stereocenters. The molecule has 2 N–H and O–H groups in total. The van der Waals surface area contributed by atoms with Gasteiger partial charge in [0.2, 0.25) is 11.8 Å². The van der Waals surface area contributed by atoms with Crippen molar-refractivity contribution in [3.8, 4) is 0 Å². The van der Waals surface area contributed by atoms with E-state index in [1.54, 1.807) is 27.7 Å². The van der Waals surface area contributed by atoms with Crippen LogP contribution in [0.2, 0.25) is 0 Å². The molecule has 0 spiro atoms. The molecule has 0 aliphatic heterocycles. The zero-order valence-electron chi connectivity index (χ0n) is 10.3. The van der Waals surface area contributed by atoms with Gasteiger partial charge in [-0.3, -0.25) is 9.59 Å². The molecule has 0 aliphatic carbocycles. The van der Waals surface area contributed by atoms with E-state index in [4.69, 9.17) is 0 Å². The van der Waals surface area contributed by atoms with E-state index >= 15 is 0 Å². The second kappa shape index (κ2) is 5.22. The van der Waals surface area contributed by atoms with Gasteiger partial charge < -0.3 is 10.6 Å². The molecule has 0 saturated carbocycles.